The van der Waals surface area contributed by atoms with Crippen molar-refractivity contribution in [1.29, 1.82) is 0 Å². The largest absolute Gasteiger partial charge is 0.508 e. The van der Waals surface area contributed by atoms with Crippen molar-refractivity contribution in [3.05, 3.63) is 132 Å². The number of nitrogens with zero attached hydrogens (tertiary/aromatic N) is 8. The van der Waals surface area contributed by atoms with Crippen LogP contribution in [0.2, 0.25) is 0 Å². The van der Waals surface area contributed by atoms with Gasteiger partial charge in [-0.3, -0.25) is 18.5 Å². The van der Waals surface area contributed by atoms with E-state index in [9.17, 15) is 49.4 Å². The first-order chi connectivity index (χ1) is 39.9. The maximum Gasteiger partial charge on any atom is 0.296 e. The summed E-state index contributed by atoms with van der Waals surface area (Å²) < 4.78 is 130. The number of aromatic hydroxyl groups is 2. The number of phenols is 2. The minimum absolute atomic E-state index is 0.0404. The molecule has 0 aromatic heterocycles. The van der Waals surface area contributed by atoms with E-state index < -0.39 is 63.2 Å². The molecule has 0 aliphatic rings. The third-order valence-corrected chi connectivity index (χ3v) is 14.6. The number of benzene rings is 8. The average molecular weight is 1210 g/mol. The Morgan fingerprint density at radius 1 is 0.524 bits per heavy atom. The molecule has 0 spiro atoms. The van der Waals surface area contributed by atoms with Gasteiger partial charge in [-0.1, -0.05) is 6.07 Å². The van der Waals surface area contributed by atoms with E-state index >= 15 is 0 Å². The summed E-state index contributed by atoms with van der Waals surface area (Å²) in [4.78, 5) is 12.4. The molecule has 8 rings (SSSR count). The maximum atomic E-state index is 13.6. The predicted molar refractivity (Wildman–Crippen MR) is 308 cm³/mol. The summed E-state index contributed by atoms with van der Waals surface area (Å²) >= 11 is 0. The highest BCUT2D eigenvalue weighted by atomic mass is 32.2. The number of fused-ring (bicyclic) bond motifs is 2. The number of aryl methyl sites for hydroxylation is 1. The molecule has 8 aromatic rings. The Labute approximate surface area is 480 Å². The van der Waals surface area contributed by atoms with Crippen LogP contribution in [0.25, 0.3) is 21.5 Å². The fourth-order valence-electron chi connectivity index (χ4n) is 8.07. The summed E-state index contributed by atoms with van der Waals surface area (Å²) in [6, 6.07) is 28.8. The first-order valence-corrected chi connectivity index (χ1v) is 29.4. The molecule has 0 saturated carbocycles. The zero-order valence-electron chi connectivity index (χ0n) is 45.0. The van der Waals surface area contributed by atoms with E-state index in [0.717, 1.165) is 12.1 Å². The number of hydrogen-bond donors (Lipinski definition) is 6. The van der Waals surface area contributed by atoms with Gasteiger partial charge in [-0.05, 0) is 135 Å². The number of carbonyl (C=O) groups excluding carboxylic acids is 1. The Hall–Kier alpha value is -9.52. The highest BCUT2D eigenvalue weighted by Gasteiger charge is 2.24. The average Bonchev–Trinajstić information content (AvgIpc) is 1.46. The van der Waals surface area contributed by atoms with Gasteiger partial charge in [0.15, 0.2) is 5.75 Å². The van der Waals surface area contributed by atoms with Crippen LogP contribution in [-0.4, -0.2) is 94.8 Å². The number of rotatable bonds is 23. The van der Waals surface area contributed by atoms with Crippen LogP contribution in [0.15, 0.2) is 172 Å². The van der Waals surface area contributed by atoms with E-state index in [-0.39, 0.29) is 111 Å². The van der Waals surface area contributed by atoms with Gasteiger partial charge in [0.2, 0.25) is 0 Å². The summed E-state index contributed by atoms with van der Waals surface area (Å²) in [7, 11) is -11.2. The molecule has 8 aromatic carbocycles. The van der Waals surface area contributed by atoms with Crippen LogP contribution in [0.3, 0.4) is 0 Å². The Kier molecular flexibility index (Phi) is 18.6. The fraction of sp³-hybridized carbons (Fsp3) is 0.182. The molecule has 6 N–H and O–H groups in total. The van der Waals surface area contributed by atoms with Crippen LogP contribution in [0, 0.1) is 6.92 Å². The molecule has 0 unspecified atom stereocenters. The van der Waals surface area contributed by atoms with Crippen molar-refractivity contribution < 1.29 is 77.6 Å². The Balaban J connectivity index is 1.02. The number of nitrogens with one attached hydrogen (secondary N) is 1. The third kappa shape index (κ3) is 14.9. The Bertz CT molecular complexity index is 4330. The smallest absolute Gasteiger partial charge is 0.296 e. The van der Waals surface area contributed by atoms with E-state index in [1.165, 1.54) is 111 Å². The SMILES string of the molecule is CCOc1cc(N=Nc2ccc(C(=O)Nc3ccc4cc(S(=O)(=O)O)cc(OCCCS(=O)(=O)O)c4c3)cc2OC)c(OCC)cc1N=Nc1cc(OC)c(N=Nc2c(S(=O)(=O)O)cc3cc(N=Nc4ccc(O)cc4)ccc3c2O)cc1C. The van der Waals surface area contributed by atoms with Crippen molar-refractivity contribution in [2.45, 2.75) is 37.0 Å². The van der Waals surface area contributed by atoms with Gasteiger partial charge in [0.25, 0.3) is 36.3 Å². The number of methoxy groups -OCH3 is 2. The molecule has 0 atom stereocenters. The number of carbonyl (C=O) groups is 1. The van der Waals surface area contributed by atoms with Crippen molar-refractivity contribution in [3.8, 4) is 40.2 Å². The fourth-order valence-corrected chi connectivity index (χ4v) is 9.74. The molecule has 0 aliphatic carbocycles. The zero-order chi connectivity index (χ0) is 60.5. The second-order valence-corrected chi connectivity index (χ2v) is 22.3. The van der Waals surface area contributed by atoms with Crippen LogP contribution >= 0.6 is 0 Å². The van der Waals surface area contributed by atoms with E-state index in [1.54, 1.807) is 32.9 Å². The van der Waals surface area contributed by atoms with Gasteiger partial charge in [-0.2, -0.15) is 40.6 Å². The summed E-state index contributed by atoms with van der Waals surface area (Å²) in [6.45, 7) is 5.40. The van der Waals surface area contributed by atoms with Crippen molar-refractivity contribution in [3.63, 3.8) is 0 Å². The summed E-state index contributed by atoms with van der Waals surface area (Å²) in [5.74, 6) is -1.01. The number of anilines is 1. The van der Waals surface area contributed by atoms with E-state index in [0.29, 0.717) is 27.7 Å². The minimum Gasteiger partial charge on any atom is -0.508 e. The number of hydrogen-bond acceptors (Lipinski definition) is 22. The molecule has 1 amide bonds. The number of phenolic OH excluding ortho intramolecular Hbond substituents is 2. The summed E-state index contributed by atoms with van der Waals surface area (Å²) in [5.41, 5.74) is 2.17. The molecule has 0 aliphatic heterocycles. The van der Waals surface area contributed by atoms with E-state index in [2.05, 4.69) is 46.2 Å². The molecule has 0 saturated heterocycles. The second kappa shape index (κ2) is 25.7. The molecule has 0 radical (unpaired) electrons. The first-order valence-electron chi connectivity index (χ1n) is 24.9. The van der Waals surface area contributed by atoms with Crippen LogP contribution in [0.5, 0.6) is 40.2 Å². The molecule has 26 nitrogen and oxygen atoms in total. The van der Waals surface area contributed by atoms with Crippen LogP contribution in [0.1, 0.15) is 36.2 Å². The molecule has 0 bridgehead atoms. The van der Waals surface area contributed by atoms with Gasteiger partial charge in [0.05, 0.1) is 61.8 Å². The molecular weight excluding hydrogens is 1150 g/mol. The number of amides is 1. The zero-order valence-corrected chi connectivity index (χ0v) is 47.5. The first kappa shape index (κ1) is 60.6. The highest BCUT2D eigenvalue weighted by molar-refractivity contribution is 7.86. The molecule has 436 valence electrons. The van der Waals surface area contributed by atoms with Crippen molar-refractivity contribution in [2.24, 2.45) is 40.9 Å². The second-order valence-electron chi connectivity index (χ2n) is 17.9. The van der Waals surface area contributed by atoms with Gasteiger partial charge < -0.3 is 39.2 Å². The van der Waals surface area contributed by atoms with Crippen LogP contribution in [0.4, 0.5) is 51.2 Å². The standard InChI is InChI=1S/C55H51N9O17S3/c1-6-79-50-30-46(62-60-43-28-49(78-5)44(21-31(43)3)63-64-53-52(84(74,75)76)25-34-22-37(14-17-40(34)54(53)66)58-57-35-12-15-38(65)16-13-35)51(80-7-2)29-45(50)61-59-42-18-10-33(24-48(42)77-4)55(67)56-36-11-9-32-23-39(83(71,72)73)27-47(41(32)26-36)81-19-8-20-82(68,69)70/h9-18,21-30,65-66H,6-8,19-20H2,1-5H3,(H,56,67)(H,68,69,70)(H,71,72,73)(H,74,75,76). The topological polar surface area (TPSA) is 378 Å². The normalized spacial score (nSPS) is 12.3. The lowest BCUT2D eigenvalue weighted by Crippen LogP contribution is -2.12. The quantitative estimate of drug-likeness (QED) is 0.0197. The monoisotopic (exact) mass is 1210 g/mol. The maximum absolute atomic E-state index is 13.6. The molecule has 0 heterocycles. The summed E-state index contributed by atoms with van der Waals surface area (Å²) in [6.07, 6.45) is -0.135. The Morgan fingerprint density at radius 2 is 1.12 bits per heavy atom. The number of azo groups is 4. The molecule has 29 heteroatoms. The van der Waals surface area contributed by atoms with E-state index in [4.69, 9.17) is 28.2 Å². The number of ether oxygens (including phenoxy) is 5. The van der Waals surface area contributed by atoms with Crippen LogP contribution < -0.4 is 29.0 Å². The van der Waals surface area contributed by atoms with Crippen molar-refractivity contribution in [1.82, 2.24) is 0 Å². The lowest BCUT2D eigenvalue weighted by atomic mass is 10.1. The summed E-state index contributed by atoms with van der Waals surface area (Å²) in [5, 5.41) is 58.9. The van der Waals surface area contributed by atoms with Crippen molar-refractivity contribution >= 4 is 109 Å². The minimum atomic E-state index is -4.98. The molecular formula is C55H51N9O17S3. The van der Waals surface area contributed by atoms with Crippen molar-refractivity contribution in [2.75, 3.05) is 45.1 Å². The molecule has 84 heavy (non-hydrogen) atoms. The lowest BCUT2D eigenvalue weighted by molar-refractivity contribution is 0.102. The molecule has 0 fully saturated rings. The van der Waals surface area contributed by atoms with Gasteiger partial charge in [0.1, 0.15) is 67.8 Å². The van der Waals surface area contributed by atoms with E-state index in [1.807, 2.05) is 0 Å². The Morgan fingerprint density at radius 3 is 1.75 bits per heavy atom. The van der Waals surface area contributed by atoms with Gasteiger partial charge in [-0.25, -0.2) is 0 Å². The van der Waals surface area contributed by atoms with Gasteiger partial charge in [0, 0.05) is 46.3 Å². The highest BCUT2D eigenvalue weighted by Crippen LogP contribution is 2.46. The van der Waals surface area contributed by atoms with Crippen LogP contribution in [-0.2, 0) is 30.4 Å². The lowest BCUT2D eigenvalue weighted by Gasteiger charge is -2.13. The third-order valence-electron chi connectivity index (χ3n) is 12.1. The van der Waals surface area contributed by atoms with Gasteiger partial charge >= 0.3 is 0 Å². The van der Waals surface area contributed by atoms with Gasteiger partial charge in [-0.15, -0.1) is 25.6 Å². The predicted octanol–water partition coefficient (Wildman–Crippen LogP) is 13.6.